The second-order valence-electron chi connectivity index (χ2n) is 6.92. The highest BCUT2D eigenvalue weighted by atomic mass is 32.1. The van der Waals surface area contributed by atoms with Crippen molar-refractivity contribution in [3.05, 3.63) is 56.7 Å². The number of amides is 1. The highest BCUT2D eigenvalue weighted by molar-refractivity contribution is 7.09. The monoisotopic (exact) mass is 395 g/mol. The van der Waals surface area contributed by atoms with E-state index in [9.17, 15) is 9.59 Å². The van der Waals surface area contributed by atoms with E-state index in [1.807, 2.05) is 24.4 Å². The molecule has 6 nitrogen and oxygen atoms in total. The third-order valence-corrected chi connectivity index (χ3v) is 5.95. The van der Waals surface area contributed by atoms with Crippen LogP contribution in [-0.4, -0.2) is 35.5 Å². The average molecular weight is 395 g/mol. The molecule has 0 bridgehead atoms. The molecule has 0 radical (unpaired) electrons. The van der Waals surface area contributed by atoms with E-state index in [-0.39, 0.29) is 5.91 Å². The van der Waals surface area contributed by atoms with Gasteiger partial charge in [0, 0.05) is 28.9 Å². The fraction of sp³-hybridized carbons (Fsp3) is 0.286. The zero-order valence-corrected chi connectivity index (χ0v) is 17.1. The summed E-state index contributed by atoms with van der Waals surface area (Å²) in [6.45, 7) is 6.15. The summed E-state index contributed by atoms with van der Waals surface area (Å²) in [6, 6.07) is 6.10. The predicted octanol–water partition coefficient (Wildman–Crippen LogP) is 4.05. The van der Waals surface area contributed by atoms with Gasteiger partial charge in [-0.15, -0.1) is 11.3 Å². The Hall–Kier alpha value is -2.93. The van der Waals surface area contributed by atoms with Gasteiger partial charge in [-0.2, -0.15) is 0 Å². The molecule has 7 heteroatoms. The molecule has 0 unspecified atom stereocenters. The van der Waals surface area contributed by atoms with Crippen molar-refractivity contribution in [3.8, 4) is 11.3 Å². The van der Waals surface area contributed by atoms with Crippen LogP contribution in [0.2, 0.25) is 0 Å². The number of aromatic nitrogens is 2. The number of nitrogens with one attached hydrogen (secondary N) is 1. The Kier molecular flexibility index (Phi) is 4.55. The molecule has 0 saturated carbocycles. The van der Waals surface area contributed by atoms with Crippen LogP contribution in [-0.2, 0) is 11.2 Å². The van der Waals surface area contributed by atoms with Crippen molar-refractivity contribution in [1.82, 2.24) is 9.97 Å². The molecule has 3 heterocycles. The van der Waals surface area contributed by atoms with Crippen molar-refractivity contribution < 1.29 is 14.3 Å². The number of ether oxygens (including phenoxy) is 1. The van der Waals surface area contributed by atoms with Crippen LogP contribution in [0, 0.1) is 20.8 Å². The fourth-order valence-corrected chi connectivity index (χ4v) is 4.40. The number of rotatable bonds is 3. The molecule has 0 saturated heterocycles. The molecule has 1 amide bonds. The maximum absolute atomic E-state index is 13.2. The molecule has 0 aliphatic carbocycles. The van der Waals surface area contributed by atoms with Gasteiger partial charge in [-0.05, 0) is 50.5 Å². The lowest BCUT2D eigenvalue weighted by Gasteiger charge is -2.17. The van der Waals surface area contributed by atoms with Crippen LogP contribution < -0.4 is 4.90 Å². The molecule has 0 spiro atoms. The molecule has 1 aromatic carbocycles. The summed E-state index contributed by atoms with van der Waals surface area (Å²) >= 11 is 1.63. The molecule has 28 heavy (non-hydrogen) atoms. The Bertz CT molecular complexity index is 1100. The van der Waals surface area contributed by atoms with Crippen LogP contribution in [0.25, 0.3) is 11.3 Å². The Morgan fingerprint density at radius 3 is 2.71 bits per heavy atom. The van der Waals surface area contributed by atoms with E-state index >= 15 is 0 Å². The van der Waals surface area contributed by atoms with Gasteiger partial charge in [0.15, 0.2) is 0 Å². The molecular weight excluding hydrogens is 374 g/mol. The summed E-state index contributed by atoms with van der Waals surface area (Å²) < 4.78 is 4.84. The van der Waals surface area contributed by atoms with Crippen LogP contribution in [0.5, 0.6) is 0 Å². The Balaban J connectivity index is 1.66. The number of esters is 1. The van der Waals surface area contributed by atoms with E-state index in [1.165, 1.54) is 7.11 Å². The first-order chi connectivity index (χ1) is 13.4. The van der Waals surface area contributed by atoms with Crippen molar-refractivity contribution >= 4 is 28.9 Å². The summed E-state index contributed by atoms with van der Waals surface area (Å²) in [5.74, 6) is -0.568. The first kappa shape index (κ1) is 18.4. The Morgan fingerprint density at radius 2 is 2.04 bits per heavy atom. The number of H-pyrrole nitrogens is 1. The zero-order chi connectivity index (χ0) is 20.0. The van der Waals surface area contributed by atoms with E-state index in [0.29, 0.717) is 29.1 Å². The Morgan fingerprint density at radius 1 is 1.25 bits per heavy atom. The van der Waals surface area contributed by atoms with Gasteiger partial charge in [0.05, 0.1) is 23.4 Å². The molecule has 0 fully saturated rings. The van der Waals surface area contributed by atoms with E-state index in [0.717, 1.165) is 33.9 Å². The number of thiazole rings is 1. The second-order valence-corrected chi connectivity index (χ2v) is 7.98. The van der Waals surface area contributed by atoms with Crippen molar-refractivity contribution in [3.63, 3.8) is 0 Å². The number of fused-ring (bicyclic) bond motifs is 1. The first-order valence-corrected chi connectivity index (χ1v) is 9.93. The van der Waals surface area contributed by atoms with Gasteiger partial charge in [0.25, 0.3) is 5.91 Å². The topological polar surface area (TPSA) is 75.3 Å². The van der Waals surface area contributed by atoms with E-state index in [1.54, 1.807) is 30.1 Å². The summed E-state index contributed by atoms with van der Waals surface area (Å²) in [5.41, 5.74) is 6.20. The molecule has 3 aromatic rings. The van der Waals surface area contributed by atoms with Crippen LogP contribution in [0.3, 0.4) is 0 Å². The number of carbonyl (C=O) groups excluding carboxylic acids is 2. The van der Waals surface area contributed by atoms with Gasteiger partial charge in [0.2, 0.25) is 0 Å². The summed E-state index contributed by atoms with van der Waals surface area (Å²) in [7, 11) is 1.34. The molecule has 1 aliphatic rings. The number of methoxy groups -OCH3 is 1. The lowest BCUT2D eigenvalue weighted by molar-refractivity contribution is 0.0599. The predicted molar refractivity (Wildman–Crippen MR) is 109 cm³/mol. The first-order valence-electron chi connectivity index (χ1n) is 9.05. The van der Waals surface area contributed by atoms with Crippen molar-refractivity contribution in [2.24, 2.45) is 0 Å². The van der Waals surface area contributed by atoms with Crippen LogP contribution in [0.4, 0.5) is 5.69 Å². The highest BCUT2D eigenvalue weighted by Crippen LogP contribution is 2.34. The Labute approximate surface area is 167 Å². The maximum atomic E-state index is 13.2. The number of benzene rings is 1. The SMILES string of the molecule is COC(=O)c1c(C)[nH]c(C(=O)N2CCc3cc(-c4csc(C)n4)ccc32)c1C. The number of aromatic amines is 1. The molecule has 1 aliphatic heterocycles. The summed E-state index contributed by atoms with van der Waals surface area (Å²) in [6.07, 6.45) is 0.792. The molecule has 144 valence electrons. The summed E-state index contributed by atoms with van der Waals surface area (Å²) in [5, 5.41) is 3.08. The number of aryl methyl sites for hydroxylation is 2. The molecule has 4 rings (SSSR count). The highest BCUT2D eigenvalue weighted by Gasteiger charge is 2.30. The number of hydrogen-bond acceptors (Lipinski definition) is 5. The largest absolute Gasteiger partial charge is 0.465 e. The number of nitrogens with zero attached hydrogens (tertiary/aromatic N) is 2. The minimum absolute atomic E-state index is 0.133. The number of carbonyl (C=O) groups is 2. The van der Waals surface area contributed by atoms with Crippen molar-refractivity contribution in [2.45, 2.75) is 27.2 Å². The standard InChI is InChI=1S/C21H21N3O3S/c1-11-18(21(26)27-4)12(2)22-19(11)20(25)24-8-7-15-9-14(5-6-17(15)24)16-10-28-13(3)23-16/h5-6,9-10,22H,7-8H2,1-4H3. The fourth-order valence-electron chi connectivity index (χ4n) is 3.78. The molecule has 1 N–H and O–H groups in total. The van der Waals surface area contributed by atoms with Gasteiger partial charge in [-0.3, -0.25) is 4.79 Å². The molecule has 2 aromatic heterocycles. The molecule has 0 atom stereocenters. The zero-order valence-electron chi connectivity index (χ0n) is 16.3. The van der Waals surface area contributed by atoms with Crippen LogP contribution >= 0.6 is 11.3 Å². The van der Waals surface area contributed by atoms with Crippen molar-refractivity contribution in [2.75, 3.05) is 18.6 Å². The van der Waals surface area contributed by atoms with Crippen LogP contribution in [0.15, 0.2) is 23.6 Å². The second kappa shape index (κ2) is 6.91. The summed E-state index contributed by atoms with van der Waals surface area (Å²) in [4.78, 5) is 34.6. The van der Waals surface area contributed by atoms with Gasteiger partial charge in [0.1, 0.15) is 5.69 Å². The lowest BCUT2D eigenvalue weighted by atomic mass is 10.1. The average Bonchev–Trinajstić information content (AvgIpc) is 3.37. The number of anilines is 1. The lowest BCUT2D eigenvalue weighted by Crippen LogP contribution is -2.29. The van der Waals surface area contributed by atoms with Gasteiger partial charge in [-0.25, -0.2) is 9.78 Å². The van der Waals surface area contributed by atoms with E-state index in [4.69, 9.17) is 4.74 Å². The minimum atomic E-state index is -0.435. The van der Waals surface area contributed by atoms with E-state index < -0.39 is 5.97 Å². The van der Waals surface area contributed by atoms with Crippen molar-refractivity contribution in [1.29, 1.82) is 0 Å². The maximum Gasteiger partial charge on any atom is 0.339 e. The smallest absolute Gasteiger partial charge is 0.339 e. The van der Waals surface area contributed by atoms with Gasteiger partial charge >= 0.3 is 5.97 Å². The third-order valence-electron chi connectivity index (χ3n) is 5.18. The molecular formula is C21H21N3O3S. The van der Waals surface area contributed by atoms with Gasteiger partial charge < -0.3 is 14.6 Å². The quantitative estimate of drug-likeness (QED) is 0.679. The number of hydrogen-bond donors (Lipinski definition) is 1. The third kappa shape index (κ3) is 2.92. The van der Waals surface area contributed by atoms with E-state index in [2.05, 4.69) is 16.0 Å². The van der Waals surface area contributed by atoms with Gasteiger partial charge in [-0.1, -0.05) is 6.07 Å². The minimum Gasteiger partial charge on any atom is -0.465 e. The van der Waals surface area contributed by atoms with Crippen LogP contribution in [0.1, 0.15) is 42.7 Å². The normalized spacial score (nSPS) is 12.9.